The number of hydrogen-bond donors (Lipinski definition) is 0. The second kappa shape index (κ2) is 5.24. The summed E-state index contributed by atoms with van der Waals surface area (Å²) in [5.41, 5.74) is 0.905. The Morgan fingerprint density at radius 1 is 0.950 bits per heavy atom. The smallest absolute Gasteiger partial charge is 0.415 e. The Labute approximate surface area is 116 Å². The van der Waals surface area contributed by atoms with E-state index in [-0.39, 0.29) is 0 Å². The summed E-state index contributed by atoms with van der Waals surface area (Å²) in [6.07, 6.45) is 0.915. The van der Waals surface area contributed by atoms with Gasteiger partial charge in [0, 0.05) is 0 Å². The highest BCUT2D eigenvalue weighted by molar-refractivity contribution is 5.78. The van der Waals surface area contributed by atoms with Crippen LogP contribution in [0.15, 0.2) is 36.2 Å². The maximum absolute atomic E-state index is 11.8. The monoisotopic (exact) mass is 274 g/mol. The molecule has 0 radical (unpaired) electrons. The Balaban J connectivity index is 1.97. The maximum atomic E-state index is 11.8. The Morgan fingerprint density at radius 3 is 1.95 bits per heavy atom. The lowest BCUT2D eigenvalue weighted by Crippen LogP contribution is -2.36. The highest BCUT2D eigenvalue weighted by atomic mass is 16.6. The Bertz CT molecular complexity index is 528. The summed E-state index contributed by atoms with van der Waals surface area (Å²) in [5.74, 6) is 0.501. The molecule has 104 valence electrons. The topological polar surface area (TPSA) is 59.1 Å². The molecule has 1 aromatic carbocycles. The summed E-state index contributed by atoms with van der Waals surface area (Å²) in [5, 5.41) is 0. The van der Waals surface area contributed by atoms with Gasteiger partial charge in [0.1, 0.15) is 19.0 Å². The summed E-state index contributed by atoms with van der Waals surface area (Å²) in [6, 6.07) is 9.51. The van der Waals surface area contributed by atoms with Crippen LogP contribution in [0.4, 0.5) is 9.59 Å². The summed E-state index contributed by atoms with van der Waals surface area (Å²) >= 11 is 0. The van der Waals surface area contributed by atoms with Gasteiger partial charge in [0.25, 0.3) is 0 Å². The zero-order chi connectivity index (χ0) is 13.9. The standard InChI is InChI=1S/C14H14N2O4/c17-13-15(6-8-19-13)12(16-7-9-20-14(16)18)10-11-4-2-1-3-5-11/h1-5,10H,6-9H2. The predicted octanol–water partition coefficient (Wildman–Crippen LogP) is 1.89. The van der Waals surface area contributed by atoms with Gasteiger partial charge in [-0.3, -0.25) is 9.80 Å². The first-order valence-corrected chi connectivity index (χ1v) is 6.41. The van der Waals surface area contributed by atoms with Gasteiger partial charge < -0.3 is 9.47 Å². The van der Waals surface area contributed by atoms with E-state index in [1.54, 1.807) is 6.08 Å². The van der Waals surface area contributed by atoms with Gasteiger partial charge >= 0.3 is 12.2 Å². The van der Waals surface area contributed by atoms with E-state index in [0.717, 1.165) is 5.56 Å². The van der Waals surface area contributed by atoms with Crippen molar-refractivity contribution in [2.45, 2.75) is 0 Å². The average molecular weight is 274 g/mol. The predicted molar refractivity (Wildman–Crippen MR) is 70.5 cm³/mol. The molecule has 2 heterocycles. The molecule has 6 heteroatoms. The lowest BCUT2D eigenvalue weighted by Gasteiger charge is -2.23. The number of ether oxygens (including phenoxy) is 2. The maximum Gasteiger partial charge on any atom is 0.415 e. The Morgan fingerprint density at radius 2 is 1.50 bits per heavy atom. The van der Waals surface area contributed by atoms with Crippen molar-refractivity contribution in [1.29, 1.82) is 0 Å². The number of benzene rings is 1. The highest BCUT2D eigenvalue weighted by Crippen LogP contribution is 2.22. The molecule has 2 fully saturated rings. The molecule has 0 spiro atoms. The van der Waals surface area contributed by atoms with Crippen LogP contribution < -0.4 is 0 Å². The SMILES string of the molecule is O=C1OCCN1C(=Cc1ccccc1)N1CCOC1=O. The van der Waals surface area contributed by atoms with Crippen molar-refractivity contribution >= 4 is 18.3 Å². The third-order valence-corrected chi connectivity index (χ3v) is 3.17. The third-order valence-electron chi connectivity index (χ3n) is 3.17. The number of carbonyl (C=O) groups is 2. The van der Waals surface area contributed by atoms with Crippen molar-refractivity contribution in [2.75, 3.05) is 26.3 Å². The van der Waals surface area contributed by atoms with Gasteiger partial charge in [-0.15, -0.1) is 0 Å². The van der Waals surface area contributed by atoms with Gasteiger partial charge in [-0.1, -0.05) is 30.3 Å². The molecule has 0 atom stereocenters. The van der Waals surface area contributed by atoms with Crippen LogP contribution in [0.5, 0.6) is 0 Å². The van der Waals surface area contributed by atoms with E-state index in [4.69, 9.17) is 9.47 Å². The summed E-state index contributed by atoms with van der Waals surface area (Å²) in [7, 11) is 0. The van der Waals surface area contributed by atoms with Crippen LogP contribution in [0.25, 0.3) is 6.08 Å². The van der Waals surface area contributed by atoms with Gasteiger partial charge in [-0.2, -0.15) is 0 Å². The van der Waals surface area contributed by atoms with E-state index in [0.29, 0.717) is 32.1 Å². The number of carbonyl (C=O) groups excluding carboxylic acids is 2. The van der Waals surface area contributed by atoms with E-state index in [1.165, 1.54) is 9.80 Å². The molecule has 0 N–H and O–H groups in total. The van der Waals surface area contributed by atoms with Crippen LogP contribution in [0, 0.1) is 0 Å². The minimum absolute atomic E-state index is 0.327. The van der Waals surface area contributed by atoms with Crippen LogP contribution in [0.3, 0.4) is 0 Å². The fourth-order valence-corrected chi connectivity index (χ4v) is 2.20. The largest absolute Gasteiger partial charge is 0.447 e. The quantitative estimate of drug-likeness (QED) is 0.844. The molecule has 2 aliphatic rings. The molecule has 1 aromatic rings. The second-order valence-electron chi connectivity index (χ2n) is 4.45. The van der Waals surface area contributed by atoms with Crippen molar-refractivity contribution in [3.05, 3.63) is 41.7 Å². The highest BCUT2D eigenvalue weighted by Gasteiger charge is 2.34. The molecule has 0 unspecified atom stereocenters. The van der Waals surface area contributed by atoms with Crippen LogP contribution in [-0.4, -0.2) is 48.3 Å². The molecule has 2 saturated heterocycles. The van der Waals surface area contributed by atoms with Gasteiger partial charge in [0.15, 0.2) is 0 Å². The molecule has 20 heavy (non-hydrogen) atoms. The Hall–Kier alpha value is -2.50. The molecular formula is C14H14N2O4. The van der Waals surface area contributed by atoms with E-state index in [1.807, 2.05) is 30.3 Å². The van der Waals surface area contributed by atoms with Crippen molar-refractivity contribution in [3.63, 3.8) is 0 Å². The Kier molecular flexibility index (Phi) is 3.28. The number of hydrogen-bond acceptors (Lipinski definition) is 4. The van der Waals surface area contributed by atoms with E-state index >= 15 is 0 Å². The lowest BCUT2D eigenvalue weighted by molar-refractivity contribution is 0.149. The molecule has 2 aliphatic heterocycles. The zero-order valence-electron chi connectivity index (χ0n) is 10.8. The van der Waals surface area contributed by atoms with Gasteiger partial charge in [0.2, 0.25) is 0 Å². The van der Waals surface area contributed by atoms with Crippen molar-refractivity contribution < 1.29 is 19.1 Å². The van der Waals surface area contributed by atoms with Crippen molar-refractivity contribution in [2.24, 2.45) is 0 Å². The molecule has 2 amide bonds. The molecule has 0 saturated carbocycles. The van der Waals surface area contributed by atoms with E-state index in [9.17, 15) is 9.59 Å². The van der Waals surface area contributed by atoms with Gasteiger partial charge in [-0.05, 0) is 11.6 Å². The van der Waals surface area contributed by atoms with Crippen LogP contribution >= 0.6 is 0 Å². The fraction of sp³-hybridized carbons (Fsp3) is 0.286. The second-order valence-corrected chi connectivity index (χ2v) is 4.45. The number of rotatable bonds is 3. The molecule has 6 nitrogen and oxygen atoms in total. The third kappa shape index (κ3) is 2.32. The summed E-state index contributed by atoms with van der Waals surface area (Å²) in [6.45, 7) is 1.52. The molecule has 3 rings (SSSR count). The van der Waals surface area contributed by atoms with Gasteiger partial charge in [0.05, 0.1) is 13.1 Å². The number of nitrogens with zero attached hydrogens (tertiary/aromatic N) is 2. The zero-order valence-corrected chi connectivity index (χ0v) is 10.8. The summed E-state index contributed by atoms with van der Waals surface area (Å²) in [4.78, 5) is 26.4. The first-order chi connectivity index (χ1) is 9.75. The molecule has 0 aromatic heterocycles. The molecular weight excluding hydrogens is 260 g/mol. The molecule has 0 bridgehead atoms. The molecule has 0 aliphatic carbocycles. The summed E-state index contributed by atoms with van der Waals surface area (Å²) < 4.78 is 9.89. The number of cyclic esters (lactones) is 2. The lowest BCUT2D eigenvalue weighted by atomic mass is 10.2. The van der Waals surface area contributed by atoms with Crippen molar-refractivity contribution in [3.8, 4) is 0 Å². The van der Waals surface area contributed by atoms with Crippen LogP contribution in [-0.2, 0) is 9.47 Å². The normalized spacial score (nSPS) is 18.0. The first-order valence-electron chi connectivity index (χ1n) is 6.41. The van der Waals surface area contributed by atoms with Crippen LogP contribution in [0.2, 0.25) is 0 Å². The average Bonchev–Trinajstić information content (AvgIpc) is 3.06. The fourth-order valence-electron chi connectivity index (χ4n) is 2.20. The van der Waals surface area contributed by atoms with Crippen LogP contribution in [0.1, 0.15) is 5.56 Å². The minimum Gasteiger partial charge on any atom is -0.447 e. The first kappa shape index (κ1) is 12.5. The van der Waals surface area contributed by atoms with E-state index < -0.39 is 12.2 Å². The number of amides is 2. The van der Waals surface area contributed by atoms with E-state index in [2.05, 4.69) is 0 Å². The minimum atomic E-state index is -0.438. The van der Waals surface area contributed by atoms with Gasteiger partial charge in [-0.25, -0.2) is 9.59 Å². The van der Waals surface area contributed by atoms with Crippen molar-refractivity contribution in [1.82, 2.24) is 9.80 Å².